The van der Waals surface area contributed by atoms with Crippen LogP contribution >= 0.6 is 0 Å². The van der Waals surface area contributed by atoms with Gasteiger partial charge in [0.1, 0.15) is 0 Å². The molecule has 4 heteroatoms. The van der Waals surface area contributed by atoms with E-state index in [2.05, 4.69) is 22.4 Å². The molecular weight excluding hydrogens is 190 g/mol. The molecule has 15 heavy (non-hydrogen) atoms. The van der Waals surface area contributed by atoms with Gasteiger partial charge in [0.05, 0.1) is 13.4 Å². The van der Waals surface area contributed by atoms with Gasteiger partial charge in [0.2, 0.25) is 0 Å². The van der Waals surface area contributed by atoms with Crippen LogP contribution in [0.2, 0.25) is 0 Å². The highest BCUT2D eigenvalue weighted by atomic mass is 16.6. The van der Waals surface area contributed by atoms with E-state index in [1.807, 2.05) is 6.20 Å². The van der Waals surface area contributed by atoms with Crippen LogP contribution in [-0.4, -0.2) is 23.1 Å². The Morgan fingerprint density at radius 2 is 2.40 bits per heavy atom. The number of imidazole rings is 1. The Morgan fingerprint density at radius 3 is 3.00 bits per heavy atom. The van der Waals surface area contributed by atoms with Crippen LogP contribution in [0.15, 0.2) is 12.5 Å². The molecule has 1 fully saturated rings. The number of hydrogen-bond acceptors (Lipinski definition) is 3. The molecule has 0 radical (unpaired) electrons. The van der Waals surface area contributed by atoms with E-state index in [0.717, 1.165) is 0 Å². The smallest absolute Gasteiger partial charge is 0.0921 e. The van der Waals surface area contributed by atoms with Gasteiger partial charge in [-0.15, -0.1) is 0 Å². The molecule has 0 aliphatic heterocycles. The minimum absolute atomic E-state index is 0.495. The molecule has 1 aliphatic carbocycles. The maximum absolute atomic E-state index is 5.01. The standard InChI is InChI=1S/C11H19N3O/c1-8-5-9(11-6-12-7-13-11)3-4-10(8)14-15-2/h6-10,14H,3-5H2,1-2H3,(H,12,13). The van der Waals surface area contributed by atoms with Crippen molar-refractivity contribution in [1.29, 1.82) is 0 Å². The SMILES string of the molecule is CONC1CCC(c2cnc[nH]2)CC1C. The number of aromatic nitrogens is 2. The molecule has 1 heterocycles. The Kier molecular flexibility index (Phi) is 3.38. The van der Waals surface area contributed by atoms with Crippen LogP contribution in [0.25, 0.3) is 0 Å². The topological polar surface area (TPSA) is 49.9 Å². The Hall–Kier alpha value is -0.870. The number of hydrogen-bond donors (Lipinski definition) is 2. The molecule has 2 rings (SSSR count). The van der Waals surface area contributed by atoms with Crippen LogP contribution < -0.4 is 5.48 Å². The maximum atomic E-state index is 5.01. The summed E-state index contributed by atoms with van der Waals surface area (Å²) in [6.45, 7) is 2.28. The summed E-state index contributed by atoms with van der Waals surface area (Å²) in [7, 11) is 1.69. The summed E-state index contributed by atoms with van der Waals surface area (Å²) in [4.78, 5) is 12.3. The lowest BCUT2D eigenvalue weighted by Gasteiger charge is -2.33. The van der Waals surface area contributed by atoms with E-state index in [0.29, 0.717) is 17.9 Å². The summed E-state index contributed by atoms with van der Waals surface area (Å²) in [5.41, 5.74) is 4.35. The summed E-state index contributed by atoms with van der Waals surface area (Å²) < 4.78 is 0. The third-order valence-electron chi connectivity index (χ3n) is 3.40. The fraction of sp³-hybridized carbons (Fsp3) is 0.727. The first kappa shape index (κ1) is 10.6. The molecule has 4 nitrogen and oxygen atoms in total. The zero-order chi connectivity index (χ0) is 10.7. The highest BCUT2D eigenvalue weighted by Gasteiger charge is 2.28. The summed E-state index contributed by atoms with van der Waals surface area (Å²) in [5, 5.41) is 0. The molecule has 3 atom stereocenters. The molecule has 1 aromatic heterocycles. The highest BCUT2D eigenvalue weighted by molar-refractivity contribution is 5.06. The molecule has 1 saturated carbocycles. The first-order chi connectivity index (χ1) is 7.31. The zero-order valence-electron chi connectivity index (χ0n) is 9.36. The number of aromatic amines is 1. The Balaban J connectivity index is 1.94. The van der Waals surface area contributed by atoms with Gasteiger partial charge in [-0.05, 0) is 25.2 Å². The monoisotopic (exact) mass is 209 g/mol. The van der Waals surface area contributed by atoms with Crippen LogP contribution in [0, 0.1) is 5.92 Å². The Bertz CT molecular complexity index is 286. The largest absolute Gasteiger partial charge is 0.348 e. The zero-order valence-corrected chi connectivity index (χ0v) is 9.36. The van der Waals surface area contributed by atoms with Gasteiger partial charge in [0.25, 0.3) is 0 Å². The van der Waals surface area contributed by atoms with Crippen molar-refractivity contribution in [2.75, 3.05) is 7.11 Å². The normalized spacial score (nSPS) is 31.7. The van der Waals surface area contributed by atoms with Gasteiger partial charge < -0.3 is 9.82 Å². The van der Waals surface area contributed by atoms with E-state index >= 15 is 0 Å². The van der Waals surface area contributed by atoms with Crippen LogP contribution in [0.3, 0.4) is 0 Å². The van der Waals surface area contributed by atoms with Crippen molar-refractivity contribution in [3.05, 3.63) is 18.2 Å². The lowest BCUT2D eigenvalue weighted by atomic mass is 9.78. The lowest BCUT2D eigenvalue weighted by Crippen LogP contribution is -2.38. The molecule has 2 N–H and O–H groups in total. The fourth-order valence-corrected chi connectivity index (χ4v) is 2.49. The van der Waals surface area contributed by atoms with Gasteiger partial charge in [-0.25, -0.2) is 4.98 Å². The second kappa shape index (κ2) is 4.77. The minimum Gasteiger partial charge on any atom is -0.348 e. The molecule has 1 aliphatic rings. The summed E-state index contributed by atoms with van der Waals surface area (Å²) in [5.74, 6) is 1.28. The number of nitrogens with one attached hydrogen (secondary N) is 2. The first-order valence-electron chi connectivity index (χ1n) is 5.58. The van der Waals surface area contributed by atoms with Crippen molar-refractivity contribution < 1.29 is 4.84 Å². The number of nitrogens with zero attached hydrogens (tertiary/aromatic N) is 1. The van der Waals surface area contributed by atoms with E-state index in [9.17, 15) is 0 Å². The number of H-pyrrole nitrogens is 1. The van der Waals surface area contributed by atoms with Crippen molar-refractivity contribution >= 4 is 0 Å². The van der Waals surface area contributed by atoms with E-state index in [1.165, 1.54) is 25.0 Å². The van der Waals surface area contributed by atoms with Gasteiger partial charge in [0.15, 0.2) is 0 Å². The van der Waals surface area contributed by atoms with Crippen molar-refractivity contribution in [1.82, 2.24) is 15.4 Å². The predicted molar refractivity (Wildman–Crippen MR) is 58.3 cm³/mol. The Labute approximate surface area is 90.4 Å². The predicted octanol–water partition coefficient (Wildman–Crippen LogP) is 1.83. The molecule has 0 aromatic carbocycles. The second-order valence-corrected chi connectivity index (χ2v) is 4.42. The van der Waals surface area contributed by atoms with E-state index in [1.54, 1.807) is 13.4 Å². The molecule has 0 spiro atoms. The highest BCUT2D eigenvalue weighted by Crippen LogP contribution is 2.35. The second-order valence-electron chi connectivity index (χ2n) is 4.42. The van der Waals surface area contributed by atoms with Gasteiger partial charge in [-0.1, -0.05) is 6.92 Å². The summed E-state index contributed by atoms with van der Waals surface area (Å²) in [6.07, 6.45) is 7.27. The quantitative estimate of drug-likeness (QED) is 0.747. The van der Waals surface area contributed by atoms with Crippen molar-refractivity contribution in [3.63, 3.8) is 0 Å². The summed E-state index contributed by atoms with van der Waals surface area (Å²) in [6, 6.07) is 0.495. The van der Waals surface area contributed by atoms with Gasteiger partial charge >= 0.3 is 0 Å². The molecular formula is C11H19N3O. The molecule has 84 valence electrons. The fourth-order valence-electron chi connectivity index (χ4n) is 2.49. The van der Waals surface area contributed by atoms with Gasteiger partial charge in [0, 0.05) is 23.9 Å². The van der Waals surface area contributed by atoms with E-state index < -0.39 is 0 Å². The van der Waals surface area contributed by atoms with Crippen molar-refractivity contribution in [2.45, 2.75) is 38.1 Å². The minimum atomic E-state index is 0.495. The average Bonchev–Trinajstić information content (AvgIpc) is 2.74. The maximum Gasteiger partial charge on any atom is 0.0921 e. The third kappa shape index (κ3) is 2.38. The van der Waals surface area contributed by atoms with Crippen LogP contribution in [0.1, 0.15) is 37.8 Å². The lowest BCUT2D eigenvalue weighted by molar-refractivity contribution is 0.0280. The molecule has 3 unspecified atom stereocenters. The van der Waals surface area contributed by atoms with Crippen LogP contribution in [-0.2, 0) is 4.84 Å². The van der Waals surface area contributed by atoms with Crippen molar-refractivity contribution in [2.24, 2.45) is 5.92 Å². The van der Waals surface area contributed by atoms with E-state index in [4.69, 9.17) is 4.84 Å². The van der Waals surface area contributed by atoms with Crippen LogP contribution in [0.4, 0.5) is 0 Å². The summed E-state index contributed by atoms with van der Waals surface area (Å²) >= 11 is 0. The van der Waals surface area contributed by atoms with E-state index in [-0.39, 0.29) is 0 Å². The van der Waals surface area contributed by atoms with Crippen LogP contribution in [0.5, 0.6) is 0 Å². The number of rotatable bonds is 3. The first-order valence-corrected chi connectivity index (χ1v) is 5.58. The number of hydroxylamine groups is 1. The third-order valence-corrected chi connectivity index (χ3v) is 3.40. The van der Waals surface area contributed by atoms with Crippen molar-refractivity contribution in [3.8, 4) is 0 Å². The van der Waals surface area contributed by atoms with Gasteiger partial charge in [-0.3, -0.25) is 0 Å². The molecule has 1 aromatic rings. The molecule has 0 bridgehead atoms. The Morgan fingerprint density at radius 1 is 1.53 bits per heavy atom. The van der Waals surface area contributed by atoms with Gasteiger partial charge in [-0.2, -0.15) is 5.48 Å². The average molecular weight is 209 g/mol. The molecule has 0 saturated heterocycles. The molecule has 0 amide bonds.